The first-order chi connectivity index (χ1) is 10.4. The van der Waals surface area contributed by atoms with Gasteiger partial charge in [0, 0.05) is 25.6 Å². The maximum absolute atomic E-state index is 11.5. The summed E-state index contributed by atoms with van der Waals surface area (Å²) >= 11 is 0. The lowest BCUT2D eigenvalue weighted by Crippen LogP contribution is -2.31. The van der Waals surface area contributed by atoms with Crippen LogP contribution < -0.4 is 0 Å². The molecule has 22 heavy (non-hydrogen) atoms. The number of carbonyl (C=O) groups is 1. The van der Waals surface area contributed by atoms with Crippen LogP contribution in [0.15, 0.2) is 22.6 Å². The van der Waals surface area contributed by atoms with Crippen LogP contribution >= 0.6 is 0 Å². The Morgan fingerprint density at radius 3 is 2.27 bits per heavy atom. The van der Waals surface area contributed by atoms with Crippen molar-refractivity contribution in [2.24, 2.45) is 5.41 Å². The van der Waals surface area contributed by atoms with Gasteiger partial charge in [-0.1, -0.05) is 13.8 Å². The number of allylic oxidation sites excluding steroid dienone is 3. The van der Waals surface area contributed by atoms with Crippen molar-refractivity contribution in [3.8, 4) is 12.1 Å². The van der Waals surface area contributed by atoms with Crippen LogP contribution in [0.4, 0.5) is 0 Å². The van der Waals surface area contributed by atoms with Gasteiger partial charge in [0.05, 0.1) is 5.70 Å². The van der Waals surface area contributed by atoms with Crippen LogP contribution in [0.3, 0.4) is 0 Å². The van der Waals surface area contributed by atoms with Crippen molar-refractivity contribution in [3.05, 3.63) is 22.6 Å². The van der Waals surface area contributed by atoms with E-state index < -0.39 is 5.97 Å². The van der Waals surface area contributed by atoms with E-state index in [0.717, 1.165) is 38.0 Å². The Bertz CT molecular complexity index is 607. The molecule has 1 fully saturated rings. The minimum atomic E-state index is -0.417. The predicted molar refractivity (Wildman–Crippen MR) is 80.9 cm³/mol. The van der Waals surface area contributed by atoms with Gasteiger partial charge in [0.15, 0.2) is 5.76 Å². The molecule has 0 spiro atoms. The smallest absolute Gasteiger partial charge is 0.308 e. The molecule has 2 aliphatic rings. The minimum absolute atomic E-state index is 0.0423. The maximum atomic E-state index is 11.5. The third-order valence-electron chi connectivity index (χ3n) is 4.10. The van der Waals surface area contributed by atoms with Crippen molar-refractivity contribution < 1.29 is 9.53 Å². The number of carbonyl (C=O) groups excluding carboxylic acids is 1. The monoisotopic (exact) mass is 299 g/mol. The van der Waals surface area contributed by atoms with E-state index in [1.807, 2.05) is 12.1 Å². The predicted octanol–water partition coefficient (Wildman–Crippen LogP) is 3.02. The zero-order valence-corrected chi connectivity index (χ0v) is 13.4. The lowest BCUT2D eigenvalue weighted by atomic mass is 9.75. The van der Waals surface area contributed by atoms with Crippen LogP contribution in [0, 0.1) is 28.1 Å². The molecule has 1 aliphatic heterocycles. The first-order valence-electron chi connectivity index (χ1n) is 7.58. The molecule has 0 aromatic rings. The Morgan fingerprint density at radius 1 is 1.18 bits per heavy atom. The molecule has 0 amide bonds. The first-order valence-corrected chi connectivity index (χ1v) is 7.58. The van der Waals surface area contributed by atoms with Crippen molar-refractivity contribution in [1.29, 1.82) is 10.5 Å². The van der Waals surface area contributed by atoms with Crippen molar-refractivity contribution in [1.82, 2.24) is 4.90 Å². The Hall–Kier alpha value is -2.27. The van der Waals surface area contributed by atoms with E-state index in [9.17, 15) is 15.3 Å². The van der Waals surface area contributed by atoms with Crippen LogP contribution in [0.5, 0.6) is 0 Å². The summed E-state index contributed by atoms with van der Waals surface area (Å²) in [6, 6.07) is 3.90. The molecule has 0 radical (unpaired) electrons. The average molecular weight is 299 g/mol. The number of rotatable bonds is 2. The zero-order valence-electron chi connectivity index (χ0n) is 13.4. The third kappa shape index (κ3) is 3.31. The van der Waals surface area contributed by atoms with E-state index in [0.29, 0.717) is 17.8 Å². The van der Waals surface area contributed by atoms with Gasteiger partial charge in [-0.2, -0.15) is 10.5 Å². The molecule has 1 aliphatic carbocycles. The molecule has 5 heteroatoms. The van der Waals surface area contributed by atoms with Crippen LogP contribution in [-0.4, -0.2) is 24.0 Å². The van der Waals surface area contributed by atoms with Gasteiger partial charge in [0.25, 0.3) is 0 Å². The van der Waals surface area contributed by atoms with Gasteiger partial charge >= 0.3 is 5.97 Å². The highest BCUT2D eigenvalue weighted by molar-refractivity contribution is 5.69. The highest BCUT2D eigenvalue weighted by Gasteiger charge is 2.37. The van der Waals surface area contributed by atoms with E-state index in [2.05, 4.69) is 18.7 Å². The summed E-state index contributed by atoms with van der Waals surface area (Å²) in [6.45, 7) is 7.43. The summed E-state index contributed by atoms with van der Waals surface area (Å²) in [5.41, 5.74) is 1.50. The molecule has 1 saturated heterocycles. The van der Waals surface area contributed by atoms with Gasteiger partial charge in [-0.25, -0.2) is 0 Å². The second kappa shape index (κ2) is 6.23. The Morgan fingerprint density at radius 2 is 1.77 bits per heavy atom. The van der Waals surface area contributed by atoms with Gasteiger partial charge in [-0.05, 0) is 31.1 Å². The normalized spacial score (nSPS) is 20.4. The standard InChI is InChI=1S/C17H21N3O2/c1-12(21)22-16-14(13(10-18)11-19)8-17(2,3)9-15(16)20-6-4-5-7-20/h4-9H2,1-3H3. The van der Waals surface area contributed by atoms with Crippen molar-refractivity contribution in [2.45, 2.75) is 46.5 Å². The van der Waals surface area contributed by atoms with Gasteiger partial charge in [0.1, 0.15) is 17.7 Å². The van der Waals surface area contributed by atoms with Crippen LogP contribution in [0.25, 0.3) is 0 Å². The lowest BCUT2D eigenvalue weighted by molar-refractivity contribution is -0.137. The number of hydrogen-bond donors (Lipinski definition) is 0. The molecule has 0 saturated carbocycles. The molecular formula is C17H21N3O2. The molecule has 2 rings (SSSR count). The Balaban J connectivity index is 2.62. The van der Waals surface area contributed by atoms with Crippen LogP contribution in [0.1, 0.15) is 46.5 Å². The van der Waals surface area contributed by atoms with Gasteiger partial charge in [-0.15, -0.1) is 0 Å². The largest absolute Gasteiger partial charge is 0.424 e. The summed E-state index contributed by atoms with van der Waals surface area (Å²) < 4.78 is 5.45. The number of esters is 1. The lowest BCUT2D eigenvalue weighted by Gasteiger charge is -2.37. The number of nitriles is 2. The molecule has 1 heterocycles. The Kier molecular flexibility index (Phi) is 4.56. The Labute approximate surface area is 131 Å². The highest BCUT2D eigenvalue weighted by atomic mass is 16.5. The summed E-state index contributed by atoms with van der Waals surface area (Å²) in [4.78, 5) is 13.7. The zero-order chi connectivity index (χ0) is 16.3. The molecule has 0 atom stereocenters. The molecule has 0 aromatic heterocycles. The highest BCUT2D eigenvalue weighted by Crippen LogP contribution is 2.45. The molecule has 116 valence electrons. The molecule has 0 aromatic carbocycles. The van der Waals surface area contributed by atoms with Gasteiger partial charge < -0.3 is 9.64 Å². The number of hydrogen-bond acceptors (Lipinski definition) is 5. The molecule has 0 unspecified atom stereocenters. The number of nitrogens with zero attached hydrogens (tertiary/aromatic N) is 3. The first kappa shape index (κ1) is 16.1. The SMILES string of the molecule is CC(=O)OC1=C(N2CCCC2)CC(C)(C)CC1=C(C#N)C#N. The van der Waals surface area contributed by atoms with E-state index in [1.54, 1.807) is 0 Å². The van der Waals surface area contributed by atoms with Crippen LogP contribution in [0.2, 0.25) is 0 Å². The summed E-state index contributed by atoms with van der Waals surface area (Å²) in [7, 11) is 0. The minimum Gasteiger partial charge on any atom is -0.424 e. The number of ether oxygens (including phenoxy) is 1. The topological polar surface area (TPSA) is 77.1 Å². The maximum Gasteiger partial charge on any atom is 0.308 e. The fourth-order valence-corrected chi connectivity index (χ4v) is 3.20. The fraction of sp³-hybridized carbons (Fsp3) is 0.588. The van der Waals surface area contributed by atoms with E-state index in [1.165, 1.54) is 6.92 Å². The van der Waals surface area contributed by atoms with Gasteiger partial charge in [0.2, 0.25) is 0 Å². The average Bonchev–Trinajstić information content (AvgIpc) is 2.95. The molecule has 0 N–H and O–H groups in total. The molecule has 0 bridgehead atoms. The molecular weight excluding hydrogens is 278 g/mol. The third-order valence-corrected chi connectivity index (χ3v) is 4.10. The summed E-state index contributed by atoms with van der Waals surface area (Å²) in [6.07, 6.45) is 3.56. The van der Waals surface area contributed by atoms with Crippen LogP contribution in [-0.2, 0) is 9.53 Å². The summed E-state index contributed by atoms with van der Waals surface area (Å²) in [5.74, 6) is 0.0194. The molecule has 5 nitrogen and oxygen atoms in total. The van der Waals surface area contributed by atoms with Crippen molar-refractivity contribution >= 4 is 5.97 Å². The second-order valence-corrected chi connectivity index (χ2v) is 6.66. The van der Waals surface area contributed by atoms with E-state index >= 15 is 0 Å². The summed E-state index contributed by atoms with van der Waals surface area (Å²) in [5, 5.41) is 18.5. The van der Waals surface area contributed by atoms with Gasteiger partial charge in [-0.3, -0.25) is 4.79 Å². The van der Waals surface area contributed by atoms with Crippen molar-refractivity contribution in [2.75, 3.05) is 13.1 Å². The fourth-order valence-electron chi connectivity index (χ4n) is 3.20. The number of likely N-dealkylation sites (tertiary alicyclic amines) is 1. The quantitative estimate of drug-likeness (QED) is 0.578. The second-order valence-electron chi connectivity index (χ2n) is 6.66. The van der Waals surface area contributed by atoms with Crippen molar-refractivity contribution in [3.63, 3.8) is 0 Å². The van der Waals surface area contributed by atoms with E-state index in [4.69, 9.17) is 4.74 Å². The van der Waals surface area contributed by atoms with E-state index in [-0.39, 0.29) is 11.0 Å².